The van der Waals surface area contributed by atoms with Crippen LogP contribution in [0.3, 0.4) is 0 Å². The van der Waals surface area contributed by atoms with Gasteiger partial charge in [0, 0.05) is 12.1 Å². The van der Waals surface area contributed by atoms with E-state index >= 15 is 0 Å². The van der Waals surface area contributed by atoms with Crippen molar-refractivity contribution < 1.29 is 14.3 Å². The van der Waals surface area contributed by atoms with E-state index in [1.807, 2.05) is 28.0 Å². The number of amides is 1. The van der Waals surface area contributed by atoms with E-state index in [-0.39, 0.29) is 5.91 Å². The number of nitrogens with zero attached hydrogens (tertiary/aromatic N) is 1. The van der Waals surface area contributed by atoms with E-state index in [9.17, 15) is 4.79 Å². The van der Waals surface area contributed by atoms with Crippen molar-refractivity contribution in [3.63, 3.8) is 0 Å². The summed E-state index contributed by atoms with van der Waals surface area (Å²) < 4.78 is 10.7. The molecule has 96 valence electrons. The number of benzene rings is 1. The summed E-state index contributed by atoms with van der Waals surface area (Å²) in [6.07, 6.45) is 0. The predicted molar refractivity (Wildman–Crippen MR) is 78.5 cm³/mol. The van der Waals surface area contributed by atoms with Gasteiger partial charge in [-0.25, -0.2) is 0 Å². The molecule has 0 aliphatic heterocycles. The molecule has 0 aromatic heterocycles. The molecule has 0 bridgehead atoms. The first kappa shape index (κ1) is 14.9. The number of carbonyl (C=O) groups excluding carboxylic acids is 1. The van der Waals surface area contributed by atoms with Gasteiger partial charge in [0.1, 0.15) is 16.9 Å². The molecular weight excluding hydrogens is 367 g/mol. The molecule has 1 aromatic rings. The molecule has 0 saturated carbocycles. The Morgan fingerprint density at radius 1 is 1.44 bits per heavy atom. The van der Waals surface area contributed by atoms with Crippen LogP contribution in [-0.2, 0) is 4.79 Å². The minimum absolute atomic E-state index is 0.128. The smallest absolute Gasteiger partial charge is 0.234 e. The number of halogens is 1. The van der Waals surface area contributed by atoms with Gasteiger partial charge in [-0.05, 0) is 11.8 Å². The number of nitriles is 1. The third kappa shape index (κ3) is 3.68. The van der Waals surface area contributed by atoms with Crippen molar-refractivity contribution in [2.24, 2.45) is 0 Å². The first-order valence-corrected chi connectivity index (χ1v) is 7.18. The molecule has 7 heteroatoms. The van der Waals surface area contributed by atoms with Gasteiger partial charge in [-0.3, -0.25) is 4.79 Å². The Hall–Kier alpha value is -1.14. The van der Waals surface area contributed by atoms with Crippen LogP contribution < -0.4 is 14.8 Å². The van der Waals surface area contributed by atoms with Gasteiger partial charge in [-0.2, -0.15) is 5.26 Å². The molecular formula is C11H11IN2O3S. The van der Waals surface area contributed by atoms with Gasteiger partial charge in [0.05, 0.1) is 29.2 Å². The highest BCUT2D eigenvalue weighted by molar-refractivity contribution is 14.1. The third-order valence-corrected chi connectivity index (χ3v) is 3.36. The maximum atomic E-state index is 11.4. The maximum absolute atomic E-state index is 11.4. The van der Waals surface area contributed by atoms with Crippen LogP contribution >= 0.6 is 34.4 Å². The number of hydrogen-bond acceptors (Lipinski definition) is 5. The zero-order chi connectivity index (χ0) is 13.5. The molecule has 1 aromatic carbocycles. The molecule has 0 atom stereocenters. The Bertz CT molecular complexity index is 488. The summed E-state index contributed by atoms with van der Waals surface area (Å²) in [5.41, 5.74) is 0.526. The number of rotatable bonds is 5. The van der Waals surface area contributed by atoms with Gasteiger partial charge in [0.25, 0.3) is 0 Å². The van der Waals surface area contributed by atoms with Crippen molar-refractivity contribution in [3.8, 4) is 16.9 Å². The van der Waals surface area contributed by atoms with Crippen molar-refractivity contribution in [2.45, 2.75) is 4.90 Å². The summed E-state index contributed by atoms with van der Waals surface area (Å²) in [5.74, 6) is 0.884. The lowest BCUT2D eigenvalue weighted by Crippen LogP contribution is -2.13. The topological polar surface area (TPSA) is 71.3 Å². The number of carbonyl (C=O) groups is 1. The Morgan fingerprint density at radius 2 is 2.11 bits per heavy atom. The minimum Gasteiger partial charge on any atom is -0.495 e. The molecule has 1 N–H and O–H groups in total. The Morgan fingerprint density at radius 3 is 2.61 bits per heavy atom. The molecule has 0 fully saturated rings. The summed E-state index contributed by atoms with van der Waals surface area (Å²) in [6, 6.07) is 3.30. The molecule has 0 heterocycles. The largest absolute Gasteiger partial charge is 0.495 e. The second-order valence-electron chi connectivity index (χ2n) is 3.08. The predicted octanol–water partition coefficient (Wildman–Crippen LogP) is 2.65. The molecule has 18 heavy (non-hydrogen) atoms. The van der Waals surface area contributed by atoms with Crippen LogP contribution in [0.2, 0.25) is 0 Å². The first-order chi connectivity index (χ1) is 8.65. The van der Waals surface area contributed by atoms with Crippen LogP contribution in [0.5, 0.6) is 11.5 Å². The molecule has 0 aliphatic rings. The quantitative estimate of drug-likeness (QED) is 0.369. The van der Waals surface area contributed by atoms with Gasteiger partial charge < -0.3 is 14.8 Å². The van der Waals surface area contributed by atoms with Gasteiger partial charge in [-0.15, -0.1) is 0 Å². The molecule has 0 saturated heterocycles. The van der Waals surface area contributed by atoms with E-state index in [1.165, 1.54) is 14.2 Å². The van der Waals surface area contributed by atoms with Crippen LogP contribution in [0, 0.1) is 10.7 Å². The normalized spacial score (nSPS) is 9.44. The van der Waals surface area contributed by atoms with Gasteiger partial charge in [0.2, 0.25) is 5.91 Å². The highest BCUT2D eigenvalue weighted by Crippen LogP contribution is 2.38. The van der Waals surface area contributed by atoms with E-state index in [4.69, 9.17) is 14.7 Å². The van der Waals surface area contributed by atoms with Crippen molar-refractivity contribution in [2.75, 3.05) is 24.0 Å². The zero-order valence-electron chi connectivity index (χ0n) is 9.82. The SMILES string of the molecule is COc1cc(SC#N)c(OC)cc1NC(=O)CI. The lowest BCUT2D eigenvalue weighted by molar-refractivity contribution is -0.113. The number of hydrogen-bond donors (Lipinski definition) is 1. The summed E-state index contributed by atoms with van der Waals surface area (Å²) in [4.78, 5) is 12.0. The molecule has 0 radical (unpaired) electrons. The number of alkyl halides is 1. The minimum atomic E-state index is -0.128. The fourth-order valence-corrected chi connectivity index (χ4v) is 1.98. The van der Waals surface area contributed by atoms with Crippen LogP contribution in [-0.4, -0.2) is 24.6 Å². The van der Waals surface area contributed by atoms with E-state index in [0.29, 0.717) is 26.5 Å². The number of thioether (sulfide) groups is 1. The van der Waals surface area contributed by atoms with Gasteiger partial charge in [0.15, 0.2) is 0 Å². The molecule has 0 spiro atoms. The summed E-state index contributed by atoms with van der Waals surface area (Å²) in [5, 5.41) is 13.4. The lowest BCUT2D eigenvalue weighted by atomic mass is 10.2. The molecule has 0 aliphatic carbocycles. The second-order valence-corrected chi connectivity index (χ2v) is 4.67. The Kier molecular flexibility index (Phi) is 6.07. The monoisotopic (exact) mass is 378 g/mol. The zero-order valence-corrected chi connectivity index (χ0v) is 12.8. The summed E-state index contributed by atoms with van der Waals surface area (Å²) in [7, 11) is 3.01. The van der Waals surface area contributed by atoms with Crippen LogP contribution in [0.25, 0.3) is 0 Å². The van der Waals surface area contributed by atoms with E-state index < -0.39 is 0 Å². The standard InChI is InChI=1S/C11H11IN2O3S/c1-16-8-4-10(18-6-13)9(17-2)3-7(8)14-11(15)5-12/h3-4H,5H2,1-2H3,(H,14,15). The van der Waals surface area contributed by atoms with E-state index in [2.05, 4.69) is 5.32 Å². The Labute approximate surface area is 123 Å². The van der Waals surface area contributed by atoms with Crippen molar-refractivity contribution in [3.05, 3.63) is 12.1 Å². The van der Waals surface area contributed by atoms with Crippen LogP contribution in [0.4, 0.5) is 5.69 Å². The van der Waals surface area contributed by atoms with E-state index in [0.717, 1.165) is 11.8 Å². The number of methoxy groups -OCH3 is 2. The summed E-state index contributed by atoms with van der Waals surface area (Å²) >= 11 is 2.95. The lowest BCUT2D eigenvalue weighted by Gasteiger charge is -2.13. The van der Waals surface area contributed by atoms with Crippen LogP contribution in [0.15, 0.2) is 17.0 Å². The molecule has 5 nitrogen and oxygen atoms in total. The summed E-state index contributed by atoms with van der Waals surface area (Å²) in [6.45, 7) is 0. The fraction of sp³-hybridized carbons (Fsp3) is 0.273. The average Bonchev–Trinajstić information content (AvgIpc) is 2.39. The number of thiocyanates is 1. The second kappa shape index (κ2) is 7.33. The number of nitrogens with one attached hydrogen (secondary N) is 1. The molecule has 1 amide bonds. The van der Waals surface area contributed by atoms with E-state index in [1.54, 1.807) is 12.1 Å². The highest BCUT2D eigenvalue weighted by atomic mass is 127. The highest BCUT2D eigenvalue weighted by Gasteiger charge is 2.13. The van der Waals surface area contributed by atoms with Crippen molar-refractivity contribution in [1.82, 2.24) is 0 Å². The van der Waals surface area contributed by atoms with Gasteiger partial charge >= 0.3 is 0 Å². The third-order valence-electron chi connectivity index (χ3n) is 2.04. The Balaban J connectivity index is 3.18. The van der Waals surface area contributed by atoms with Crippen molar-refractivity contribution >= 4 is 45.9 Å². The average molecular weight is 378 g/mol. The van der Waals surface area contributed by atoms with Gasteiger partial charge in [-0.1, -0.05) is 22.6 Å². The maximum Gasteiger partial charge on any atom is 0.234 e. The molecule has 0 unspecified atom stereocenters. The number of anilines is 1. The first-order valence-electron chi connectivity index (χ1n) is 4.84. The van der Waals surface area contributed by atoms with Crippen molar-refractivity contribution in [1.29, 1.82) is 5.26 Å². The molecule has 1 rings (SSSR count). The fourth-order valence-electron chi connectivity index (χ4n) is 1.28. The number of ether oxygens (including phenoxy) is 2. The van der Waals surface area contributed by atoms with Crippen LogP contribution in [0.1, 0.15) is 0 Å².